The van der Waals surface area contributed by atoms with E-state index in [1.54, 1.807) is 0 Å². The van der Waals surface area contributed by atoms with E-state index in [1.165, 1.54) is 0 Å². The Morgan fingerprint density at radius 1 is 0.833 bits per heavy atom. The van der Waals surface area contributed by atoms with Crippen molar-refractivity contribution in [1.29, 1.82) is 0 Å². The fourth-order valence-electron chi connectivity index (χ4n) is 2.74. The van der Waals surface area contributed by atoms with Crippen molar-refractivity contribution in [2.45, 2.75) is 37.8 Å². The van der Waals surface area contributed by atoms with Gasteiger partial charge in [0.15, 0.2) is 6.29 Å². The highest BCUT2D eigenvalue weighted by molar-refractivity contribution is 14.1. The van der Waals surface area contributed by atoms with Crippen molar-refractivity contribution in [1.82, 2.24) is 0 Å². The summed E-state index contributed by atoms with van der Waals surface area (Å²) in [6.07, 6.45) is -1.92. The molecule has 0 radical (unpaired) electrons. The van der Waals surface area contributed by atoms with Crippen LogP contribution in [0.3, 0.4) is 0 Å². The van der Waals surface area contributed by atoms with Gasteiger partial charge in [0, 0.05) is 4.43 Å². The SMILES string of the molecule is OC1OC(CI)C(OCc2ccccc2)C1OCc1ccccc1. The van der Waals surface area contributed by atoms with Crippen molar-refractivity contribution in [2.24, 2.45) is 0 Å². The molecule has 24 heavy (non-hydrogen) atoms. The van der Waals surface area contributed by atoms with E-state index in [-0.39, 0.29) is 12.2 Å². The Balaban J connectivity index is 1.63. The smallest absolute Gasteiger partial charge is 0.184 e. The van der Waals surface area contributed by atoms with E-state index >= 15 is 0 Å². The standard InChI is InChI=1S/C19H21IO4/c20-11-16-17(22-12-14-7-3-1-4-8-14)18(19(21)24-16)23-13-15-9-5-2-6-10-15/h1-10,16-19,21H,11-13H2. The number of rotatable bonds is 7. The predicted octanol–water partition coefficient (Wildman–Crippen LogP) is 3.31. The third-order valence-corrected chi connectivity index (χ3v) is 4.88. The highest BCUT2D eigenvalue weighted by atomic mass is 127. The molecule has 4 unspecified atom stereocenters. The monoisotopic (exact) mass is 440 g/mol. The summed E-state index contributed by atoms with van der Waals surface area (Å²) in [5.41, 5.74) is 2.15. The van der Waals surface area contributed by atoms with Gasteiger partial charge in [-0.2, -0.15) is 0 Å². The third-order valence-electron chi connectivity index (χ3n) is 4.01. The van der Waals surface area contributed by atoms with Gasteiger partial charge in [0.1, 0.15) is 12.2 Å². The molecule has 0 aromatic heterocycles. The Morgan fingerprint density at radius 2 is 1.33 bits per heavy atom. The Kier molecular flexibility index (Phi) is 6.62. The Labute approximate surface area is 155 Å². The van der Waals surface area contributed by atoms with Crippen molar-refractivity contribution in [3.8, 4) is 0 Å². The van der Waals surface area contributed by atoms with Crippen LogP contribution in [0, 0.1) is 0 Å². The van der Waals surface area contributed by atoms with E-state index in [9.17, 15) is 5.11 Å². The summed E-state index contributed by atoms with van der Waals surface area (Å²) in [4.78, 5) is 0. The normalized spacial score (nSPS) is 26.6. The van der Waals surface area contributed by atoms with Crippen molar-refractivity contribution in [3.05, 3.63) is 71.8 Å². The zero-order valence-electron chi connectivity index (χ0n) is 13.3. The number of hydrogen-bond donors (Lipinski definition) is 1. The van der Waals surface area contributed by atoms with Gasteiger partial charge in [-0.3, -0.25) is 0 Å². The summed E-state index contributed by atoms with van der Waals surface area (Å²) in [7, 11) is 0. The molecule has 0 aliphatic carbocycles. The maximum atomic E-state index is 10.2. The van der Waals surface area contributed by atoms with Crippen molar-refractivity contribution >= 4 is 22.6 Å². The average molecular weight is 440 g/mol. The molecule has 0 bridgehead atoms. The van der Waals surface area contributed by atoms with Crippen LogP contribution in [0.25, 0.3) is 0 Å². The molecule has 1 aliphatic heterocycles. The molecule has 1 N–H and O–H groups in total. The average Bonchev–Trinajstić information content (AvgIpc) is 2.94. The van der Waals surface area contributed by atoms with Crippen LogP contribution in [0.15, 0.2) is 60.7 Å². The molecule has 5 heteroatoms. The van der Waals surface area contributed by atoms with E-state index in [4.69, 9.17) is 14.2 Å². The first-order chi connectivity index (χ1) is 11.8. The molecule has 1 heterocycles. The summed E-state index contributed by atoms with van der Waals surface area (Å²) in [5.74, 6) is 0. The lowest BCUT2D eigenvalue weighted by Crippen LogP contribution is -2.38. The van der Waals surface area contributed by atoms with Gasteiger partial charge in [-0.15, -0.1) is 0 Å². The second-order valence-electron chi connectivity index (χ2n) is 5.74. The van der Waals surface area contributed by atoms with Crippen LogP contribution in [0.4, 0.5) is 0 Å². The van der Waals surface area contributed by atoms with Crippen LogP contribution >= 0.6 is 22.6 Å². The first-order valence-corrected chi connectivity index (χ1v) is 9.51. The zero-order chi connectivity index (χ0) is 16.8. The van der Waals surface area contributed by atoms with Gasteiger partial charge in [0.05, 0.1) is 19.3 Å². The Morgan fingerprint density at radius 3 is 1.83 bits per heavy atom. The van der Waals surface area contributed by atoms with Crippen molar-refractivity contribution in [2.75, 3.05) is 4.43 Å². The molecule has 1 aliphatic rings. The maximum Gasteiger partial charge on any atom is 0.184 e. The number of alkyl halides is 1. The molecule has 2 aromatic carbocycles. The van der Waals surface area contributed by atoms with E-state index in [2.05, 4.69) is 22.6 Å². The fraction of sp³-hybridized carbons (Fsp3) is 0.368. The molecule has 0 saturated carbocycles. The molecule has 1 saturated heterocycles. The van der Waals surface area contributed by atoms with Gasteiger partial charge in [-0.1, -0.05) is 83.3 Å². The topological polar surface area (TPSA) is 47.9 Å². The predicted molar refractivity (Wildman–Crippen MR) is 99.8 cm³/mol. The molecule has 3 rings (SSSR count). The van der Waals surface area contributed by atoms with Crippen molar-refractivity contribution in [3.63, 3.8) is 0 Å². The fourth-order valence-corrected chi connectivity index (χ4v) is 3.45. The van der Waals surface area contributed by atoms with E-state index in [0.29, 0.717) is 13.2 Å². The van der Waals surface area contributed by atoms with Gasteiger partial charge >= 0.3 is 0 Å². The Hall–Kier alpha value is -0.990. The minimum absolute atomic E-state index is 0.176. The number of ether oxygens (including phenoxy) is 3. The van der Waals surface area contributed by atoms with Crippen LogP contribution in [-0.4, -0.2) is 34.1 Å². The minimum Gasteiger partial charge on any atom is -0.368 e. The minimum atomic E-state index is -0.964. The molecular formula is C19H21IO4. The van der Waals surface area contributed by atoms with Crippen molar-refractivity contribution < 1.29 is 19.3 Å². The number of hydrogen-bond acceptors (Lipinski definition) is 4. The van der Waals surface area contributed by atoms with Crippen LogP contribution < -0.4 is 0 Å². The van der Waals surface area contributed by atoms with E-state index in [0.717, 1.165) is 15.6 Å². The number of aliphatic hydroxyl groups is 1. The molecular weight excluding hydrogens is 419 g/mol. The van der Waals surface area contributed by atoms with Crippen LogP contribution in [0.2, 0.25) is 0 Å². The molecule has 128 valence electrons. The number of benzene rings is 2. The molecule has 0 spiro atoms. The highest BCUT2D eigenvalue weighted by Crippen LogP contribution is 2.28. The maximum absolute atomic E-state index is 10.2. The highest BCUT2D eigenvalue weighted by Gasteiger charge is 2.45. The number of halogens is 1. The summed E-state index contributed by atoms with van der Waals surface area (Å²) in [6, 6.07) is 19.9. The lowest BCUT2D eigenvalue weighted by Gasteiger charge is -2.23. The zero-order valence-corrected chi connectivity index (χ0v) is 15.4. The summed E-state index contributed by atoms with van der Waals surface area (Å²) in [5, 5.41) is 10.2. The molecule has 4 atom stereocenters. The lowest BCUT2D eigenvalue weighted by molar-refractivity contribution is -0.147. The Bertz CT molecular complexity index is 607. The molecule has 1 fully saturated rings. The first kappa shape index (κ1) is 17.8. The third kappa shape index (κ3) is 4.55. The molecule has 4 nitrogen and oxygen atoms in total. The quantitative estimate of drug-likeness (QED) is 0.531. The number of aliphatic hydroxyl groups excluding tert-OH is 1. The second-order valence-corrected chi connectivity index (χ2v) is 6.62. The van der Waals surface area contributed by atoms with E-state index in [1.807, 2.05) is 60.7 Å². The molecule has 2 aromatic rings. The van der Waals surface area contributed by atoms with Crippen LogP contribution in [-0.2, 0) is 27.4 Å². The molecule has 0 amide bonds. The van der Waals surface area contributed by atoms with Crippen LogP contribution in [0.1, 0.15) is 11.1 Å². The van der Waals surface area contributed by atoms with Crippen LogP contribution in [0.5, 0.6) is 0 Å². The van der Waals surface area contributed by atoms with Gasteiger partial charge in [-0.05, 0) is 11.1 Å². The first-order valence-electron chi connectivity index (χ1n) is 7.98. The summed E-state index contributed by atoms with van der Waals surface area (Å²) in [6.45, 7) is 0.894. The van der Waals surface area contributed by atoms with E-state index < -0.39 is 12.4 Å². The van der Waals surface area contributed by atoms with Gasteiger partial charge in [-0.25, -0.2) is 0 Å². The largest absolute Gasteiger partial charge is 0.368 e. The lowest BCUT2D eigenvalue weighted by atomic mass is 10.1. The summed E-state index contributed by atoms with van der Waals surface area (Å²) < 4.78 is 18.3. The van der Waals surface area contributed by atoms with Gasteiger partial charge < -0.3 is 19.3 Å². The second kappa shape index (κ2) is 8.92. The van der Waals surface area contributed by atoms with Gasteiger partial charge in [0.25, 0.3) is 0 Å². The van der Waals surface area contributed by atoms with Gasteiger partial charge in [0.2, 0.25) is 0 Å². The summed E-state index contributed by atoms with van der Waals surface area (Å²) >= 11 is 2.25.